The Morgan fingerprint density at radius 3 is 2.67 bits per heavy atom. The first kappa shape index (κ1) is 13.3. The fourth-order valence-corrected chi connectivity index (χ4v) is 3.25. The van der Waals surface area contributed by atoms with Gasteiger partial charge in [-0.2, -0.15) is 11.8 Å². The smallest absolute Gasteiger partial charge is 0.0180 e. The summed E-state index contributed by atoms with van der Waals surface area (Å²) < 4.78 is 0. The maximum absolute atomic E-state index is 3.48. The highest BCUT2D eigenvalue weighted by atomic mass is 32.2. The molecule has 1 fully saturated rings. The van der Waals surface area contributed by atoms with Crippen LogP contribution in [0.1, 0.15) is 20.3 Å². The predicted molar refractivity (Wildman–Crippen MR) is 70.6 cm³/mol. The lowest BCUT2D eigenvalue weighted by Crippen LogP contribution is -2.38. The highest BCUT2D eigenvalue weighted by Gasteiger charge is 2.25. The van der Waals surface area contributed by atoms with E-state index in [1.54, 1.807) is 0 Å². The van der Waals surface area contributed by atoms with Crippen LogP contribution in [0, 0.1) is 11.8 Å². The molecule has 3 unspecified atom stereocenters. The first-order chi connectivity index (χ1) is 7.19. The zero-order valence-corrected chi connectivity index (χ0v) is 11.4. The third-order valence-corrected chi connectivity index (χ3v) is 4.37. The van der Waals surface area contributed by atoms with Crippen molar-refractivity contribution in [3.8, 4) is 0 Å². The van der Waals surface area contributed by atoms with Crippen LogP contribution in [0.4, 0.5) is 0 Å². The molecule has 2 nitrogen and oxygen atoms in total. The Bertz CT molecular complexity index is 175. The summed E-state index contributed by atoms with van der Waals surface area (Å²) in [5.41, 5.74) is 0. The minimum Gasteiger partial charge on any atom is -0.316 e. The minimum absolute atomic E-state index is 0.757. The fraction of sp³-hybridized carbons (Fsp3) is 1.00. The van der Waals surface area contributed by atoms with E-state index in [-0.39, 0.29) is 0 Å². The Morgan fingerprint density at radius 2 is 2.20 bits per heavy atom. The van der Waals surface area contributed by atoms with Crippen LogP contribution in [-0.4, -0.2) is 49.6 Å². The highest BCUT2D eigenvalue weighted by Crippen LogP contribution is 2.19. The van der Waals surface area contributed by atoms with Crippen molar-refractivity contribution in [2.24, 2.45) is 11.8 Å². The second kappa shape index (κ2) is 6.77. The molecule has 1 rings (SSSR count). The third-order valence-electron chi connectivity index (χ3n) is 3.65. The van der Waals surface area contributed by atoms with E-state index < -0.39 is 0 Å². The molecule has 90 valence electrons. The Hall–Kier alpha value is 0.270. The van der Waals surface area contributed by atoms with Crippen molar-refractivity contribution in [2.45, 2.75) is 26.3 Å². The SMILES string of the molecule is CCC(CSC)N(C)CC1CNCC1C. The molecule has 0 aliphatic carbocycles. The largest absolute Gasteiger partial charge is 0.316 e. The monoisotopic (exact) mass is 230 g/mol. The molecule has 1 saturated heterocycles. The topological polar surface area (TPSA) is 15.3 Å². The van der Waals surface area contributed by atoms with Gasteiger partial charge in [-0.15, -0.1) is 0 Å². The molecule has 0 amide bonds. The lowest BCUT2D eigenvalue weighted by molar-refractivity contribution is 0.206. The van der Waals surface area contributed by atoms with Gasteiger partial charge in [0.25, 0.3) is 0 Å². The van der Waals surface area contributed by atoms with Gasteiger partial charge in [0, 0.05) is 18.3 Å². The number of thioether (sulfide) groups is 1. The van der Waals surface area contributed by atoms with Gasteiger partial charge in [-0.25, -0.2) is 0 Å². The lowest BCUT2D eigenvalue weighted by atomic mass is 9.97. The van der Waals surface area contributed by atoms with Crippen LogP contribution in [0.5, 0.6) is 0 Å². The van der Waals surface area contributed by atoms with Gasteiger partial charge in [0.2, 0.25) is 0 Å². The molecule has 3 atom stereocenters. The van der Waals surface area contributed by atoms with Gasteiger partial charge in [-0.3, -0.25) is 0 Å². The van der Waals surface area contributed by atoms with E-state index in [1.165, 1.54) is 31.8 Å². The first-order valence-corrected chi connectivity index (χ1v) is 7.48. The van der Waals surface area contributed by atoms with E-state index in [0.29, 0.717) is 0 Å². The van der Waals surface area contributed by atoms with Crippen LogP contribution in [0.25, 0.3) is 0 Å². The van der Waals surface area contributed by atoms with E-state index in [4.69, 9.17) is 0 Å². The van der Waals surface area contributed by atoms with E-state index in [1.807, 2.05) is 11.8 Å². The summed E-state index contributed by atoms with van der Waals surface area (Å²) in [5.74, 6) is 2.96. The molecule has 0 bridgehead atoms. The van der Waals surface area contributed by atoms with Gasteiger partial charge < -0.3 is 10.2 Å². The third kappa shape index (κ3) is 3.97. The average Bonchev–Trinajstić information content (AvgIpc) is 2.60. The Morgan fingerprint density at radius 1 is 1.47 bits per heavy atom. The van der Waals surface area contributed by atoms with Gasteiger partial charge >= 0.3 is 0 Å². The van der Waals surface area contributed by atoms with Gasteiger partial charge in [0.05, 0.1) is 0 Å². The van der Waals surface area contributed by atoms with Crippen LogP contribution < -0.4 is 5.32 Å². The molecule has 0 spiro atoms. The number of nitrogens with zero attached hydrogens (tertiary/aromatic N) is 1. The van der Waals surface area contributed by atoms with Crippen molar-refractivity contribution in [3.05, 3.63) is 0 Å². The summed E-state index contributed by atoms with van der Waals surface area (Å²) in [4.78, 5) is 2.56. The van der Waals surface area contributed by atoms with Crippen LogP contribution in [0.2, 0.25) is 0 Å². The van der Waals surface area contributed by atoms with Gasteiger partial charge in [-0.1, -0.05) is 13.8 Å². The summed E-state index contributed by atoms with van der Waals surface area (Å²) in [6.45, 7) is 8.34. The second-order valence-electron chi connectivity index (χ2n) is 4.85. The highest BCUT2D eigenvalue weighted by molar-refractivity contribution is 7.98. The molecule has 1 aliphatic heterocycles. The molecule has 1 aliphatic rings. The van der Waals surface area contributed by atoms with Crippen LogP contribution in [-0.2, 0) is 0 Å². The minimum atomic E-state index is 0.757. The molecule has 0 radical (unpaired) electrons. The predicted octanol–water partition coefficient (Wildman–Crippen LogP) is 1.92. The molecule has 1 N–H and O–H groups in total. The first-order valence-electron chi connectivity index (χ1n) is 6.08. The molecule has 0 aromatic heterocycles. The van der Waals surface area contributed by atoms with Crippen LogP contribution in [0.3, 0.4) is 0 Å². The van der Waals surface area contributed by atoms with Crippen molar-refractivity contribution in [1.29, 1.82) is 0 Å². The maximum Gasteiger partial charge on any atom is 0.0180 e. The number of nitrogens with one attached hydrogen (secondary N) is 1. The van der Waals surface area contributed by atoms with Crippen LogP contribution >= 0.6 is 11.8 Å². The van der Waals surface area contributed by atoms with Gasteiger partial charge in [-0.05, 0) is 44.6 Å². The number of hydrogen-bond donors (Lipinski definition) is 1. The number of rotatable bonds is 6. The standard InChI is InChI=1S/C12H26N2S/c1-5-12(9-15-4)14(3)8-11-7-13-6-10(11)2/h10-13H,5-9H2,1-4H3. The molecular weight excluding hydrogens is 204 g/mol. The lowest BCUT2D eigenvalue weighted by Gasteiger charge is -2.30. The second-order valence-corrected chi connectivity index (χ2v) is 5.76. The van der Waals surface area contributed by atoms with Crippen molar-refractivity contribution < 1.29 is 0 Å². The van der Waals surface area contributed by atoms with E-state index in [2.05, 4.69) is 37.4 Å². The van der Waals surface area contributed by atoms with Crippen molar-refractivity contribution in [1.82, 2.24) is 10.2 Å². The molecule has 0 saturated carbocycles. The Balaban J connectivity index is 2.35. The van der Waals surface area contributed by atoms with Gasteiger partial charge in [0.1, 0.15) is 0 Å². The summed E-state index contributed by atoms with van der Waals surface area (Å²) in [6, 6.07) is 0.757. The van der Waals surface area contributed by atoms with E-state index >= 15 is 0 Å². The van der Waals surface area contributed by atoms with Crippen molar-refractivity contribution >= 4 is 11.8 Å². The molecule has 0 aromatic rings. The van der Waals surface area contributed by atoms with E-state index in [9.17, 15) is 0 Å². The zero-order valence-electron chi connectivity index (χ0n) is 10.6. The molecular formula is C12H26N2S. The molecule has 0 aromatic carbocycles. The average molecular weight is 230 g/mol. The van der Waals surface area contributed by atoms with Crippen molar-refractivity contribution in [2.75, 3.05) is 38.7 Å². The molecule has 3 heteroatoms. The zero-order chi connectivity index (χ0) is 11.3. The quantitative estimate of drug-likeness (QED) is 0.750. The summed E-state index contributed by atoms with van der Waals surface area (Å²) in [5, 5.41) is 3.48. The summed E-state index contributed by atoms with van der Waals surface area (Å²) in [6.07, 6.45) is 3.47. The summed E-state index contributed by atoms with van der Waals surface area (Å²) in [7, 11) is 2.29. The van der Waals surface area contributed by atoms with Crippen LogP contribution in [0.15, 0.2) is 0 Å². The number of hydrogen-bond acceptors (Lipinski definition) is 3. The Labute approximate surface area is 99.2 Å². The normalized spacial score (nSPS) is 28.6. The summed E-state index contributed by atoms with van der Waals surface area (Å²) >= 11 is 1.96. The Kier molecular flexibility index (Phi) is 6.02. The fourth-order valence-electron chi connectivity index (χ4n) is 2.38. The molecule has 1 heterocycles. The van der Waals surface area contributed by atoms with E-state index in [0.717, 1.165) is 17.9 Å². The molecule has 15 heavy (non-hydrogen) atoms. The van der Waals surface area contributed by atoms with Crippen molar-refractivity contribution in [3.63, 3.8) is 0 Å². The maximum atomic E-state index is 3.48. The van der Waals surface area contributed by atoms with Gasteiger partial charge in [0.15, 0.2) is 0 Å².